The standard InChI is InChI=1S/C10H9N3/c1-7-6-10-11-8-4-2-3-5-9(8)13(10)12-7/h2-5H,6H2,1H3. The van der Waals surface area contributed by atoms with E-state index in [0.29, 0.717) is 0 Å². The number of para-hydroxylation sites is 2. The molecule has 0 atom stereocenters. The Bertz CT molecular complexity index is 508. The molecule has 0 N–H and O–H groups in total. The molecule has 0 saturated heterocycles. The molecule has 3 heteroatoms. The SMILES string of the molecule is CC1=Nn2c(nc3ccccc32)C1. The van der Waals surface area contributed by atoms with Gasteiger partial charge in [0, 0.05) is 12.1 Å². The van der Waals surface area contributed by atoms with Gasteiger partial charge in [0.25, 0.3) is 0 Å². The van der Waals surface area contributed by atoms with Crippen LogP contribution in [0, 0.1) is 0 Å². The Morgan fingerprint density at radius 1 is 1.31 bits per heavy atom. The first-order valence-electron chi connectivity index (χ1n) is 4.35. The lowest BCUT2D eigenvalue weighted by molar-refractivity contribution is 0.888. The van der Waals surface area contributed by atoms with Crippen LogP contribution in [0.2, 0.25) is 0 Å². The topological polar surface area (TPSA) is 30.2 Å². The van der Waals surface area contributed by atoms with E-state index < -0.39 is 0 Å². The van der Waals surface area contributed by atoms with Crippen LogP contribution in [-0.4, -0.2) is 15.4 Å². The molecule has 3 nitrogen and oxygen atoms in total. The molecule has 2 aromatic rings. The monoisotopic (exact) mass is 171 g/mol. The molecule has 0 spiro atoms. The molecule has 1 aliphatic heterocycles. The number of rotatable bonds is 0. The summed E-state index contributed by atoms with van der Waals surface area (Å²) in [6.45, 7) is 2.03. The summed E-state index contributed by atoms with van der Waals surface area (Å²) in [7, 11) is 0. The average molecular weight is 171 g/mol. The third kappa shape index (κ3) is 0.840. The molecular formula is C10H9N3. The van der Waals surface area contributed by atoms with Gasteiger partial charge >= 0.3 is 0 Å². The predicted molar refractivity (Wildman–Crippen MR) is 51.9 cm³/mol. The summed E-state index contributed by atoms with van der Waals surface area (Å²) in [5.41, 5.74) is 3.27. The maximum absolute atomic E-state index is 4.49. The van der Waals surface area contributed by atoms with Crippen molar-refractivity contribution in [1.29, 1.82) is 0 Å². The van der Waals surface area contributed by atoms with E-state index in [1.807, 2.05) is 35.9 Å². The Morgan fingerprint density at radius 3 is 3.08 bits per heavy atom. The molecule has 1 aliphatic rings. The molecular weight excluding hydrogens is 162 g/mol. The predicted octanol–water partition coefficient (Wildman–Crippen LogP) is 1.82. The van der Waals surface area contributed by atoms with Crippen LogP contribution in [0.3, 0.4) is 0 Å². The maximum Gasteiger partial charge on any atom is 0.137 e. The lowest BCUT2D eigenvalue weighted by Gasteiger charge is -1.91. The van der Waals surface area contributed by atoms with Gasteiger partial charge in [-0.25, -0.2) is 9.66 Å². The number of fused-ring (bicyclic) bond motifs is 3. The Kier molecular flexibility index (Phi) is 1.15. The van der Waals surface area contributed by atoms with Gasteiger partial charge in [-0.1, -0.05) is 12.1 Å². The highest BCUT2D eigenvalue weighted by Crippen LogP contribution is 2.19. The van der Waals surface area contributed by atoms with Crippen molar-refractivity contribution in [3.05, 3.63) is 30.1 Å². The summed E-state index contributed by atoms with van der Waals surface area (Å²) in [4.78, 5) is 4.49. The molecule has 2 heterocycles. The first-order valence-corrected chi connectivity index (χ1v) is 4.35. The van der Waals surface area contributed by atoms with Gasteiger partial charge < -0.3 is 0 Å². The van der Waals surface area contributed by atoms with E-state index in [9.17, 15) is 0 Å². The Labute approximate surface area is 75.7 Å². The minimum Gasteiger partial charge on any atom is -0.231 e. The quantitative estimate of drug-likeness (QED) is 0.594. The normalized spacial score (nSPS) is 14.7. The lowest BCUT2D eigenvalue weighted by atomic mass is 10.3. The van der Waals surface area contributed by atoms with Crippen LogP contribution >= 0.6 is 0 Å². The molecule has 64 valence electrons. The van der Waals surface area contributed by atoms with Crippen molar-refractivity contribution in [3.8, 4) is 0 Å². The zero-order chi connectivity index (χ0) is 8.84. The highest BCUT2D eigenvalue weighted by Gasteiger charge is 2.15. The largest absolute Gasteiger partial charge is 0.231 e. The van der Waals surface area contributed by atoms with E-state index >= 15 is 0 Å². The van der Waals surface area contributed by atoms with E-state index in [-0.39, 0.29) is 0 Å². The zero-order valence-corrected chi connectivity index (χ0v) is 7.36. The van der Waals surface area contributed by atoms with Crippen LogP contribution in [0.1, 0.15) is 12.7 Å². The summed E-state index contributed by atoms with van der Waals surface area (Å²) in [6, 6.07) is 8.08. The second-order valence-corrected chi connectivity index (χ2v) is 3.34. The van der Waals surface area contributed by atoms with Crippen molar-refractivity contribution in [2.75, 3.05) is 0 Å². The van der Waals surface area contributed by atoms with E-state index in [4.69, 9.17) is 0 Å². The van der Waals surface area contributed by atoms with Gasteiger partial charge in [-0.15, -0.1) is 0 Å². The van der Waals surface area contributed by atoms with E-state index in [0.717, 1.165) is 29.0 Å². The minimum absolute atomic E-state index is 0.884. The zero-order valence-electron chi connectivity index (χ0n) is 7.36. The van der Waals surface area contributed by atoms with E-state index in [1.165, 1.54) is 0 Å². The Balaban J connectivity index is 2.41. The number of nitrogens with zero attached hydrogens (tertiary/aromatic N) is 3. The molecule has 0 radical (unpaired) electrons. The first kappa shape index (κ1) is 6.83. The van der Waals surface area contributed by atoms with E-state index in [2.05, 4.69) is 10.1 Å². The van der Waals surface area contributed by atoms with Crippen LogP contribution in [0.25, 0.3) is 11.0 Å². The van der Waals surface area contributed by atoms with Crippen molar-refractivity contribution in [3.63, 3.8) is 0 Å². The van der Waals surface area contributed by atoms with Crippen LogP contribution in [0.4, 0.5) is 0 Å². The van der Waals surface area contributed by atoms with Crippen LogP contribution in [-0.2, 0) is 6.42 Å². The van der Waals surface area contributed by atoms with Crippen molar-refractivity contribution in [1.82, 2.24) is 9.66 Å². The molecule has 1 aromatic carbocycles. The fourth-order valence-corrected chi connectivity index (χ4v) is 1.72. The van der Waals surface area contributed by atoms with Gasteiger partial charge in [0.1, 0.15) is 5.82 Å². The third-order valence-corrected chi connectivity index (χ3v) is 2.29. The summed E-state index contributed by atoms with van der Waals surface area (Å²) in [6.07, 6.45) is 0.884. The number of hydrogen-bond acceptors (Lipinski definition) is 2. The van der Waals surface area contributed by atoms with Gasteiger partial charge in [-0.05, 0) is 19.1 Å². The maximum atomic E-state index is 4.49. The summed E-state index contributed by atoms with van der Waals surface area (Å²) in [5.74, 6) is 1.05. The summed E-state index contributed by atoms with van der Waals surface area (Å²) in [5, 5.41) is 4.41. The fourth-order valence-electron chi connectivity index (χ4n) is 1.72. The molecule has 0 fully saturated rings. The number of hydrogen-bond donors (Lipinski definition) is 0. The van der Waals surface area contributed by atoms with Gasteiger partial charge in [-0.2, -0.15) is 5.10 Å². The lowest BCUT2D eigenvalue weighted by Crippen LogP contribution is -1.90. The highest BCUT2D eigenvalue weighted by molar-refractivity contribution is 5.88. The molecule has 0 unspecified atom stereocenters. The molecule has 0 bridgehead atoms. The van der Waals surface area contributed by atoms with Crippen LogP contribution < -0.4 is 0 Å². The van der Waals surface area contributed by atoms with Gasteiger partial charge in [0.05, 0.1) is 11.0 Å². The van der Waals surface area contributed by atoms with Gasteiger partial charge in [0.15, 0.2) is 0 Å². The van der Waals surface area contributed by atoms with Crippen molar-refractivity contribution in [2.45, 2.75) is 13.3 Å². The second kappa shape index (κ2) is 2.19. The Morgan fingerprint density at radius 2 is 2.15 bits per heavy atom. The van der Waals surface area contributed by atoms with Gasteiger partial charge in [-0.3, -0.25) is 0 Å². The fraction of sp³-hybridized carbons (Fsp3) is 0.200. The average Bonchev–Trinajstić information content (AvgIpc) is 2.60. The molecule has 0 amide bonds. The molecule has 0 aliphatic carbocycles. The van der Waals surface area contributed by atoms with Crippen LogP contribution in [0.15, 0.2) is 29.4 Å². The number of imidazole rings is 1. The molecule has 0 saturated carbocycles. The van der Waals surface area contributed by atoms with Gasteiger partial charge in [0.2, 0.25) is 0 Å². The van der Waals surface area contributed by atoms with Crippen LogP contribution in [0.5, 0.6) is 0 Å². The second-order valence-electron chi connectivity index (χ2n) is 3.34. The summed E-state index contributed by atoms with van der Waals surface area (Å²) < 4.78 is 1.94. The smallest absolute Gasteiger partial charge is 0.137 e. The number of aromatic nitrogens is 2. The minimum atomic E-state index is 0.884. The number of benzene rings is 1. The first-order chi connectivity index (χ1) is 6.34. The summed E-state index contributed by atoms with van der Waals surface area (Å²) >= 11 is 0. The van der Waals surface area contributed by atoms with Crippen molar-refractivity contribution >= 4 is 16.7 Å². The third-order valence-electron chi connectivity index (χ3n) is 2.29. The van der Waals surface area contributed by atoms with Crippen molar-refractivity contribution in [2.24, 2.45) is 5.10 Å². The highest BCUT2D eigenvalue weighted by atomic mass is 15.4. The Hall–Kier alpha value is -1.64. The molecule has 13 heavy (non-hydrogen) atoms. The van der Waals surface area contributed by atoms with Crippen molar-refractivity contribution < 1.29 is 0 Å². The molecule has 3 rings (SSSR count). The van der Waals surface area contributed by atoms with E-state index in [1.54, 1.807) is 0 Å². The molecule has 1 aromatic heterocycles.